The van der Waals surface area contributed by atoms with Crippen molar-refractivity contribution in [3.8, 4) is 0 Å². The number of nitrogens with one attached hydrogen (secondary N) is 5. The molecule has 0 radical (unpaired) electrons. The molecule has 13 nitrogen and oxygen atoms in total. The Bertz CT molecular complexity index is 1130. The third-order valence-electron chi connectivity index (χ3n) is 9.49. The van der Waals surface area contributed by atoms with Gasteiger partial charge in [0.15, 0.2) is 0 Å². The van der Waals surface area contributed by atoms with Crippen molar-refractivity contribution in [3.05, 3.63) is 12.2 Å². The number of aliphatic carboxylic acids is 1. The van der Waals surface area contributed by atoms with E-state index >= 15 is 0 Å². The first-order valence-electron chi connectivity index (χ1n) is 16.1. The van der Waals surface area contributed by atoms with Crippen molar-refractivity contribution in [1.29, 1.82) is 0 Å². The first-order chi connectivity index (χ1) is 20.9. The van der Waals surface area contributed by atoms with Crippen LogP contribution in [0.5, 0.6) is 0 Å². The average molecular weight is 683 g/mol. The number of carbonyl (C=O) groups is 4. The maximum absolute atomic E-state index is 14.2. The second-order valence-electron chi connectivity index (χ2n) is 14.0. The van der Waals surface area contributed by atoms with Gasteiger partial charge in [-0.25, -0.2) is 20.4 Å². The first kappa shape index (κ1) is 33.1. The van der Waals surface area contributed by atoms with Gasteiger partial charge in [-0.3, -0.25) is 9.59 Å². The quantitative estimate of drug-likeness (QED) is 0.192. The number of carboxylic acids is 1. The summed E-state index contributed by atoms with van der Waals surface area (Å²) in [6.45, 7) is 5.50. The van der Waals surface area contributed by atoms with Crippen LogP contribution < -0.4 is 27.0 Å². The maximum atomic E-state index is 14.2. The van der Waals surface area contributed by atoms with E-state index in [0.717, 1.165) is 44.9 Å². The zero-order chi connectivity index (χ0) is 31.6. The Morgan fingerprint density at radius 2 is 1.86 bits per heavy atom. The number of fused-ring (bicyclic) bond motifs is 2. The van der Waals surface area contributed by atoms with Crippen molar-refractivity contribution in [1.82, 2.24) is 37.0 Å². The summed E-state index contributed by atoms with van der Waals surface area (Å²) in [4.78, 5) is 55.3. The van der Waals surface area contributed by atoms with E-state index in [-0.39, 0.29) is 37.0 Å². The van der Waals surface area contributed by atoms with E-state index < -0.39 is 41.2 Å². The first-order valence-corrected chi connectivity index (χ1v) is 17.0. The van der Waals surface area contributed by atoms with Crippen LogP contribution in [0, 0.1) is 11.8 Å². The highest BCUT2D eigenvalue weighted by molar-refractivity contribution is 9.09. The topological polar surface area (TPSA) is 164 Å². The van der Waals surface area contributed by atoms with Crippen molar-refractivity contribution in [3.63, 3.8) is 0 Å². The Kier molecular flexibility index (Phi) is 10.2. The molecule has 0 spiro atoms. The minimum absolute atomic E-state index is 0.00782. The third-order valence-corrected chi connectivity index (χ3v) is 10.4. The standard InChI is InChI=1S/C30H48BrN7O6/c1-29(2,3)44-28(43)32-22-10-8-6-4-5-7-9-19-16-30(19,27(41)42)33-25(39)23-15-21(17-37(23)26(22)40)38-35-24(34-36-38)18-11-13-20(31)14-12-18/h7,9,18-24,34-36H,4-6,8,10-17H2,1-3H3,(H,32,43)(H,33,39)(H,41,42)/b9-7-/t18?,19-,20?,21-,22+,23+,24?,30-/m1/s1. The number of rotatable bonds is 4. The number of hydrazine groups is 3. The van der Waals surface area contributed by atoms with Gasteiger partial charge in [0.2, 0.25) is 11.8 Å². The molecule has 5 rings (SSSR count). The van der Waals surface area contributed by atoms with Crippen molar-refractivity contribution in [2.75, 3.05) is 6.54 Å². The molecule has 246 valence electrons. The summed E-state index contributed by atoms with van der Waals surface area (Å²) in [6.07, 6.45) is 11.7. The van der Waals surface area contributed by atoms with Gasteiger partial charge in [0.1, 0.15) is 23.2 Å². The molecule has 0 aromatic carbocycles. The lowest BCUT2D eigenvalue weighted by atomic mass is 9.87. The Balaban J connectivity index is 1.36. The molecule has 3 amide bonds. The monoisotopic (exact) mass is 681 g/mol. The van der Waals surface area contributed by atoms with Gasteiger partial charge in [-0.2, -0.15) is 10.7 Å². The number of hydrogen-bond donors (Lipinski definition) is 6. The van der Waals surface area contributed by atoms with Crippen molar-refractivity contribution < 1.29 is 29.0 Å². The molecule has 0 aromatic heterocycles. The summed E-state index contributed by atoms with van der Waals surface area (Å²) in [7, 11) is 0. The summed E-state index contributed by atoms with van der Waals surface area (Å²) < 4.78 is 5.47. The van der Waals surface area contributed by atoms with Crippen LogP contribution in [0.4, 0.5) is 4.79 Å². The predicted octanol–water partition coefficient (Wildman–Crippen LogP) is 2.44. The van der Waals surface area contributed by atoms with E-state index in [2.05, 4.69) is 42.9 Å². The van der Waals surface area contributed by atoms with Crippen LogP contribution >= 0.6 is 15.9 Å². The van der Waals surface area contributed by atoms with Gasteiger partial charge >= 0.3 is 12.1 Å². The molecule has 44 heavy (non-hydrogen) atoms. The van der Waals surface area contributed by atoms with Crippen LogP contribution in [0.3, 0.4) is 0 Å². The molecule has 5 aliphatic rings. The van der Waals surface area contributed by atoms with Gasteiger partial charge in [0, 0.05) is 17.3 Å². The molecule has 2 saturated heterocycles. The van der Waals surface area contributed by atoms with Crippen molar-refractivity contribution in [2.24, 2.45) is 11.8 Å². The van der Waals surface area contributed by atoms with Gasteiger partial charge in [0.25, 0.3) is 0 Å². The molecule has 0 bridgehead atoms. The number of halogens is 1. The molecule has 4 fully saturated rings. The molecular formula is C30H48BrN7O6. The predicted molar refractivity (Wildman–Crippen MR) is 166 cm³/mol. The lowest BCUT2D eigenvalue weighted by Crippen LogP contribution is -2.56. The molecule has 2 saturated carbocycles. The zero-order valence-corrected chi connectivity index (χ0v) is 27.5. The fourth-order valence-electron chi connectivity index (χ4n) is 6.90. The summed E-state index contributed by atoms with van der Waals surface area (Å²) in [6, 6.07) is -2.07. The van der Waals surface area contributed by atoms with E-state index in [1.165, 1.54) is 4.90 Å². The minimum atomic E-state index is -1.38. The van der Waals surface area contributed by atoms with Gasteiger partial charge in [-0.15, -0.1) is 0 Å². The van der Waals surface area contributed by atoms with E-state index in [1.807, 2.05) is 17.3 Å². The number of allylic oxidation sites excluding steroid dienone is 1. The van der Waals surface area contributed by atoms with Crippen LogP contribution in [-0.4, -0.2) is 85.8 Å². The number of amides is 3. The fourth-order valence-corrected chi connectivity index (χ4v) is 7.43. The molecule has 14 heteroatoms. The summed E-state index contributed by atoms with van der Waals surface area (Å²) in [5, 5.41) is 17.5. The number of carboxylic acid groups (broad SMARTS) is 1. The smallest absolute Gasteiger partial charge is 0.408 e. The van der Waals surface area contributed by atoms with Crippen molar-refractivity contribution in [2.45, 2.75) is 132 Å². The van der Waals surface area contributed by atoms with Gasteiger partial charge < -0.3 is 25.4 Å². The Morgan fingerprint density at radius 3 is 2.57 bits per heavy atom. The molecule has 1 unspecified atom stereocenters. The molecule has 3 heterocycles. The normalized spacial score (nSPS) is 38.0. The molecule has 6 atom stereocenters. The molecule has 6 N–H and O–H groups in total. The maximum Gasteiger partial charge on any atom is 0.408 e. The van der Waals surface area contributed by atoms with Crippen LogP contribution in [0.15, 0.2) is 12.2 Å². The van der Waals surface area contributed by atoms with Crippen LogP contribution in [0.2, 0.25) is 0 Å². The summed E-state index contributed by atoms with van der Waals surface area (Å²) in [5.74, 6) is -1.81. The highest BCUT2D eigenvalue weighted by atomic mass is 79.9. The van der Waals surface area contributed by atoms with Gasteiger partial charge in [-0.05, 0) is 84.5 Å². The number of hydrogen-bond acceptors (Lipinski definition) is 9. The van der Waals surface area contributed by atoms with E-state index in [1.54, 1.807) is 20.8 Å². The van der Waals surface area contributed by atoms with Gasteiger partial charge in [-0.1, -0.05) is 40.9 Å². The number of alkyl halides is 1. The highest BCUT2D eigenvalue weighted by Gasteiger charge is 2.61. The Morgan fingerprint density at radius 1 is 1.11 bits per heavy atom. The number of alkyl carbamates (subject to hydrolysis) is 1. The largest absolute Gasteiger partial charge is 0.479 e. The van der Waals surface area contributed by atoms with E-state index in [9.17, 15) is 24.3 Å². The van der Waals surface area contributed by atoms with Gasteiger partial charge in [0.05, 0.1) is 12.2 Å². The zero-order valence-electron chi connectivity index (χ0n) is 25.9. The number of ether oxygens (including phenoxy) is 1. The highest BCUT2D eigenvalue weighted by Crippen LogP contribution is 2.45. The second-order valence-corrected chi connectivity index (χ2v) is 15.3. The van der Waals surface area contributed by atoms with E-state index in [0.29, 0.717) is 30.0 Å². The molecule has 3 aliphatic heterocycles. The summed E-state index contributed by atoms with van der Waals surface area (Å²) >= 11 is 3.72. The lowest BCUT2D eigenvalue weighted by molar-refractivity contribution is -0.145. The lowest BCUT2D eigenvalue weighted by Gasteiger charge is -2.31. The Labute approximate surface area is 267 Å². The van der Waals surface area contributed by atoms with Crippen LogP contribution in [0.1, 0.15) is 91.4 Å². The van der Waals surface area contributed by atoms with Crippen molar-refractivity contribution >= 4 is 39.8 Å². The molecular weight excluding hydrogens is 634 g/mol. The Hall–Kier alpha value is -2.26. The minimum Gasteiger partial charge on any atom is -0.479 e. The third kappa shape index (κ3) is 7.75. The summed E-state index contributed by atoms with van der Waals surface area (Å²) in [5.41, 5.74) is 7.92. The number of carbonyl (C=O) groups excluding carboxylic acids is 3. The van der Waals surface area contributed by atoms with Crippen LogP contribution in [-0.2, 0) is 19.1 Å². The second kappa shape index (κ2) is 13.6. The fraction of sp³-hybridized carbons (Fsp3) is 0.800. The van der Waals surface area contributed by atoms with Crippen LogP contribution in [0.25, 0.3) is 0 Å². The molecule has 0 aromatic rings. The average Bonchev–Trinajstić information content (AvgIpc) is 3.26. The molecule has 2 aliphatic carbocycles. The SMILES string of the molecule is CC(C)(C)OC(=O)N[C@H]1CCCCC/C=C\[C@@H]2C[C@@]2(C(=O)O)NC(=O)[C@@H]2C[C@@H](N3NNC(C4CCC(Br)CC4)N3)CN2C1=O. The van der Waals surface area contributed by atoms with E-state index in [4.69, 9.17) is 4.74 Å². The number of nitrogens with zero attached hydrogens (tertiary/aromatic N) is 2.